The molecule has 2 aliphatic rings. The smallest absolute Gasteiger partial charge is 0.412 e. The number of Topliss-reactive ketones (excluding diaryl/α,β-unsaturated/α-hetero) is 1. The molecule has 0 amide bonds. The molecule has 0 bridgehead atoms. The highest BCUT2D eigenvalue weighted by Crippen LogP contribution is 2.51. The van der Waals surface area contributed by atoms with Gasteiger partial charge in [0.25, 0.3) is 0 Å². The van der Waals surface area contributed by atoms with Crippen molar-refractivity contribution < 1.29 is 42.1 Å². The molecule has 1 aromatic heterocycles. The molecule has 0 spiro atoms. The lowest BCUT2D eigenvalue weighted by Crippen LogP contribution is -2.46. The average Bonchev–Trinajstić information content (AvgIpc) is 3.48. The summed E-state index contributed by atoms with van der Waals surface area (Å²) < 4.78 is 52.6. The van der Waals surface area contributed by atoms with Crippen LogP contribution in [0.3, 0.4) is 0 Å². The summed E-state index contributed by atoms with van der Waals surface area (Å²) in [5.74, 6) is -2.59. The van der Waals surface area contributed by atoms with E-state index in [1.807, 2.05) is 0 Å². The largest absolute Gasteiger partial charge is 0.457 e. The standard InChI is InChI=1S/C28H38F3NO6/c1-14(9-20-13-37-17(4)32-20)22-8-7-19(28(29,30)31)10-18-11-21(18)15(2)25(35)16(3)26(36)27(5,6)23(33)12-24(34)38-22/h7,9,13,15-16,18,21-23,25,33,35H,8,10-12H2,1-6H3/b14-9?,19-7+/t15-,16+,18?,21?,22+,23-,25-/m0/s1. The summed E-state index contributed by atoms with van der Waals surface area (Å²) in [6.45, 7) is 9.58. The molecule has 38 heavy (non-hydrogen) atoms. The van der Waals surface area contributed by atoms with Crippen molar-refractivity contribution in [3.8, 4) is 0 Å². The molecule has 1 aliphatic heterocycles. The van der Waals surface area contributed by atoms with Gasteiger partial charge in [0.2, 0.25) is 0 Å². The van der Waals surface area contributed by atoms with Gasteiger partial charge in [0.05, 0.1) is 24.0 Å². The summed E-state index contributed by atoms with van der Waals surface area (Å²) in [6.07, 6.45) is -4.57. The number of aliphatic hydroxyl groups is 2. The number of hydrogen-bond acceptors (Lipinski definition) is 7. The number of hydrogen-bond donors (Lipinski definition) is 2. The van der Waals surface area contributed by atoms with E-state index in [9.17, 15) is 33.0 Å². The predicted octanol–water partition coefficient (Wildman–Crippen LogP) is 5.20. The number of ether oxygens (including phenoxy) is 1. The minimum Gasteiger partial charge on any atom is -0.457 e. The van der Waals surface area contributed by atoms with Crippen LogP contribution in [-0.4, -0.2) is 51.4 Å². The van der Waals surface area contributed by atoms with Crippen LogP contribution in [0.2, 0.25) is 0 Å². The maximum absolute atomic E-state index is 14.0. The van der Waals surface area contributed by atoms with Crippen molar-refractivity contribution in [2.24, 2.45) is 29.1 Å². The minimum absolute atomic E-state index is 0.155. The number of aromatic nitrogens is 1. The number of aryl methyl sites for hydroxylation is 1. The molecule has 10 heteroatoms. The number of ketones is 1. The van der Waals surface area contributed by atoms with E-state index in [0.29, 0.717) is 23.6 Å². The molecule has 1 saturated carbocycles. The Kier molecular flexibility index (Phi) is 8.98. The fourth-order valence-electron chi connectivity index (χ4n) is 5.33. The first-order chi connectivity index (χ1) is 17.5. The van der Waals surface area contributed by atoms with Crippen LogP contribution in [-0.2, 0) is 14.3 Å². The van der Waals surface area contributed by atoms with E-state index in [1.54, 1.807) is 33.8 Å². The van der Waals surface area contributed by atoms with Gasteiger partial charge in [-0.05, 0) is 49.2 Å². The SMILES string of the molecule is CC(=Cc1coc(C)n1)[C@H]1C/C=C(/C(F)(F)F)CC2CC2[C@H](C)[C@H](O)[C@@H](C)C(=O)C(C)(C)[C@@H](O)CC(=O)O1. The number of alkyl halides is 3. The number of oxazole rings is 1. The summed E-state index contributed by atoms with van der Waals surface area (Å²) >= 11 is 0. The van der Waals surface area contributed by atoms with Crippen LogP contribution in [0, 0.1) is 36.0 Å². The molecule has 0 saturated heterocycles. The number of aliphatic hydroxyl groups excluding tert-OH is 2. The van der Waals surface area contributed by atoms with Crippen LogP contribution in [0.1, 0.15) is 71.9 Å². The fraction of sp³-hybridized carbons (Fsp3) is 0.679. The first-order valence-corrected chi connectivity index (χ1v) is 13.0. The van der Waals surface area contributed by atoms with Gasteiger partial charge >= 0.3 is 12.1 Å². The van der Waals surface area contributed by atoms with E-state index in [-0.39, 0.29) is 24.7 Å². The molecule has 1 fully saturated rings. The van der Waals surface area contributed by atoms with Gasteiger partial charge in [-0.2, -0.15) is 13.2 Å². The third-order valence-electron chi connectivity index (χ3n) is 8.16. The Morgan fingerprint density at radius 3 is 2.42 bits per heavy atom. The van der Waals surface area contributed by atoms with E-state index < -0.39 is 65.5 Å². The molecular weight excluding hydrogens is 503 g/mol. The molecule has 0 radical (unpaired) electrons. The molecular formula is C28H38F3NO6. The first-order valence-electron chi connectivity index (χ1n) is 13.0. The zero-order valence-electron chi connectivity index (χ0n) is 22.7. The van der Waals surface area contributed by atoms with Gasteiger partial charge in [-0.1, -0.05) is 33.8 Å². The second-order valence-corrected chi connectivity index (χ2v) is 11.4. The number of rotatable bonds is 2. The number of fused-ring (bicyclic) bond motifs is 1. The summed E-state index contributed by atoms with van der Waals surface area (Å²) in [5.41, 5.74) is -1.20. The molecule has 7 atom stereocenters. The fourth-order valence-corrected chi connectivity index (χ4v) is 5.33. The Labute approximate surface area is 221 Å². The van der Waals surface area contributed by atoms with E-state index in [0.717, 1.165) is 6.08 Å². The molecule has 2 unspecified atom stereocenters. The van der Waals surface area contributed by atoms with Gasteiger partial charge in [-0.25, -0.2) is 4.98 Å². The maximum atomic E-state index is 14.0. The first kappa shape index (κ1) is 30.1. The second-order valence-electron chi connectivity index (χ2n) is 11.4. The number of carbonyl (C=O) groups excluding carboxylic acids is 2. The molecule has 0 aromatic carbocycles. The molecule has 3 rings (SSSR count). The van der Waals surface area contributed by atoms with E-state index >= 15 is 0 Å². The van der Waals surface area contributed by atoms with Gasteiger partial charge in [0.1, 0.15) is 23.8 Å². The molecule has 2 N–H and O–H groups in total. The number of allylic oxidation sites excluding steroid dienone is 1. The Bertz CT molecular complexity index is 1090. The van der Waals surface area contributed by atoms with Gasteiger partial charge < -0.3 is 19.4 Å². The topological polar surface area (TPSA) is 110 Å². The third-order valence-corrected chi connectivity index (χ3v) is 8.16. The van der Waals surface area contributed by atoms with Crippen molar-refractivity contribution in [3.05, 3.63) is 35.1 Å². The van der Waals surface area contributed by atoms with E-state index in [2.05, 4.69) is 4.98 Å². The van der Waals surface area contributed by atoms with Crippen molar-refractivity contribution in [2.75, 3.05) is 0 Å². The van der Waals surface area contributed by atoms with Crippen LogP contribution in [0.25, 0.3) is 6.08 Å². The normalized spacial score (nSPS) is 35.2. The van der Waals surface area contributed by atoms with Gasteiger partial charge in [0, 0.05) is 24.8 Å². The lowest BCUT2D eigenvalue weighted by atomic mass is 9.72. The minimum atomic E-state index is -4.57. The maximum Gasteiger partial charge on any atom is 0.412 e. The van der Waals surface area contributed by atoms with Crippen LogP contribution >= 0.6 is 0 Å². The van der Waals surface area contributed by atoms with Gasteiger partial charge in [0.15, 0.2) is 5.89 Å². The molecule has 2 heterocycles. The lowest BCUT2D eigenvalue weighted by molar-refractivity contribution is -0.154. The summed E-state index contributed by atoms with van der Waals surface area (Å²) in [5, 5.41) is 21.7. The van der Waals surface area contributed by atoms with Gasteiger partial charge in [-0.3, -0.25) is 9.59 Å². The van der Waals surface area contributed by atoms with Crippen LogP contribution in [0.5, 0.6) is 0 Å². The number of cyclic esters (lactones) is 1. The predicted molar refractivity (Wildman–Crippen MR) is 133 cm³/mol. The summed E-state index contributed by atoms with van der Waals surface area (Å²) in [7, 11) is 0. The average molecular weight is 542 g/mol. The third kappa shape index (κ3) is 6.94. The Balaban J connectivity index is 1.98. The zero-order valence-corrected chi connectivity index (χ0v) is 22.7. The summed E-state index contributed by atoms with van der Waals surface area (Å²) in [4.78, 5) is 30.3. The van der Waals surface area contributed by atoms with Crippen molar-refractivity contribution in [1.82, 2.24) is 4.98 Å². The Morgan fingerprint density at radius 2 is 1.84 bits per heavy atom. The summed E-state index contributed by atoms with van der Waals surface area (Å²) in [6, 6.07) is 0. The van der Waals surface area contributed by atoms with Crippen LogP contribution in [0.4, 0.5) is 13.2 Å². The number of carbonyl (C=O) groups is 2. The van der Waals surface area contributed by atoms with Gasteiger partial charge in [-0.15, -0.1) is 0 Å². The van der Waals surface area contributed by atoms with Crippen molar-refractivity contribution >= 4 is 17.8 Å². The van der Waals surface area contributed by atoms with Crippen LogP contribution in [0.15, 0.2) is 27.9 Å². The van der Waals surface area contributed by atoms with E-state index in [4.69, 9.17) is 9.15 Å². The monoisotopic (exact) mass is 541 g/mol. The Morgan fingerprint density at radius 1 is 1.18 bits per heavy atom. The highest BCUT2D eigenvalue weighted by atomic mass is 19.4. The van der Waals surface area contributed by atoms with E-state index in [1.165, 1.54) is 20.1 Å². The molecule has 1 aliphatic carbocycles. The highest BCUT2D eigenvalue weighted by molar-refractivity contribution is 5.88. The Hall–Kier alpha value is -2.46. The van der Waals surface area contributed by atoms with Crippen molar-refractivity contribution in [3.63, 3.8) is 0 Å². The molecule has 7 nitrogen and oxygen atoms in total. The second kappa shape index (κ2) is 11.3. The molecule has 1 aromatic rings. The highest BCUT2D eigenvalue weighted by Gasteiger charge is 2.49. The van der Waals surface area contributed by atoms with Crippen LogP contribution < -0.4 is 0 Å². The molecule has 212 valence electrons. The number of esters is 1. The van der Waals surface area contributed by atoms with Crippen molar-refractivity contribution in [1.29, 1.82) is 0 Å². The van der Waals surface area contributed by atoms with Crippen molar-refractivity contribution in [2.45, 2.75) is 91.7 Å². The number of halogens is 3. The quantitative estimate of drug-likeness (QED) is 0.391. The zero-order chi connectivity index (χ0) is 28.6. The lowest BCUT2D eigenvalue weighted by Gasteiger charge is -2.34. The number of nitrogens with zero attached hydrogens (tertiary/aromatic N) is 1.